The Morgan fingerprint density at radius 3 is 3.00 bits per heavy atom. The molecule has 1 unspecified atom stereocenters. The van der Waals surface area contributed by atoms with Gasteiger partial charge in [0.2, 0.25) is 0 Å². The highest BCUT2D eigenvalue weighted by Crippen LogP contribution is 2.29. The van der Waals surface area contributed by atoms with Gasteiger partial charge in [-0.15, -0.1) is 0 Å². The summed E-state index contributed by atoms with van der Waals surface area (Å²) in [5, 5.41) is 12.6. The highest BCUT2D eigenvalue weighted by molar-refractivity contribution is 6.33. The topological polar surface area (TPSA) is 55.8 Å². The molecule has 1 aromatic rings. The van der Waals surface area contributed by atoms with Crippen molar-refractivity contribution in [2.24, 2.45) is 0 Å². The van der Waals surface area contributed by atoms with E-state index in [1.165, 1.54) is 0 Å². The lowest BCUT2D eigenvalue weighted by molar-refractivity contribution is 0.197. The molecule has 2 aliphatic rings. The minimum absolute atomic E-state index is 0.00513. The molecule has 102 valence electrons. The van der Waals surface area contributed by atoms with Gasteiger partial charge in [-0.25, -0.2) is 4.79 Å². The Morgan fingerprint density at radius 1 is 1.42 bits per heavy atom. The Labute approximate surface area is 116 Å². The summed E-state index contributed by atoms with van der Waals surface area (Å²) in [5.41, 5.74) is 1.78. The number of amides is 2. The summed E-state index contributed by atoms with van der Waals surface area (Å²) in [7, 11) is 0. The lowest BCUT2D eigenvalue weighted by atomic mass is 10.1. The van der Waals surface area contributed by atoms with Gasteiger partial charge in [-0.1, -0.05) is 17.7 Å². The average molecular weight is 282 g/mol. The maximum absolute atomic E-state index is 11.5. The Hall–Kier alpha value is -1.46. The number of hydrogen-bond donors (Lipinski definition) is 2. The molecular weight excluding hydrogens is 266 g/mol. The zero-order chi connectivity index (χ0) is 13.4. The molecule has 3 rings (SSSR count). The van der Waals surface area contributed by atoms with Crippen LogP contribution in [0, 0.1) is 0 Å². The number of hydrogen-bond acceptors (Lipinski definition) is 3. The third-order valence-electron chi connectivity index (χ3n) is 3.77. The molecule has 2 N–H and O–H groups in total. The molecule has 2 heterocycles. The van der Waals surface area contributed by atoms with Crippen LogP contribution in [0.25, 0.3) is 0 Å². The van der Waals surface area contributed by atoms with Gasteiger partial charge in [0, 0.05) is 26.2 Å². The maximum atomic E-state index is 11.5. The molecule has 5 nitrogen and oxygen atoms in total. The molecule has 0 aliphatic carbocycles. The predicted molar refractivity (Wildman–Crippen MR) is 73.5 cm³/mol. The molecule has 0 spiro atoms. The number of urea groups is 1. The van der Waals surface area contributed by atoms with Crippen molar-refractivity contribution in [1.29, 1.82) is 0 Å². The van der Waals surface area contributed by atoms with Crippen molar-refractivity contribution in [3.05, 3.63) is 28.8 Å². The highest BCUT2D eigenvalue weighted by atomic mass is 35.5. The quantitative estimate of drug-likeness (QED) is 0.852. The second-order valence-electron chi connectivity index (χ2n) is 4.92. The molecule has 0 aromatic heterocycles. The zero-order valence-corrected chi connectivity index (χ0v) is 11.2. The Kier molecular flexibility index (Phi) is 3.24. The molecule has 0 bridgehead atoms. The SMILES string of the molecule is O=C1NCC2CN(c3ccc(CO)cc3Cl)CCN12. The molecule has 6 heteroatoms. The van der Waals surface area contributed by atoms with E-state index in [9.17, 15) is 4.79 Å². The summed E-state index contributed by atoms with van der Waals surface area (Å²) in [6.45, 7) is 2.98. The van der Waals surface area contributed by atoms with Crippen LogP contribution in [0.3, 0.4) is 0 Å². The van der Waals surface area contributed by atoms with Gasteiger partial charge >= 0.3 is 6.03 Å². The van der Waals surface area contributed by atoms with Crippen molar-refractivity contribution >= 4 is 23.3 Å². The fourth-order valence-electron chi connectivity index (χ4n) is 2.73. The third kappa shape index (κ3) is 2.24. The van der Waals surface area contributed by atoms with E-state index in [4.69, 9.17) is 16.7 Å². The number of nitrogens with zero attached hydrogens (tertiary/aromatic N) is 2. The minimum atomic E-state index is -0.00513. The van der Waals surface area contributed by atoms with E-state index in [2.05, 4.69) is 10.2 Å². The molecule has 2 amide bonds. The lowest BCUT2D eigenvalue weighted by Crippen LogP contribution is -2.52. The fourth-order valence-corrected chi connectivity index (χ4v) is 3.05. The first-order valence-corrected chi connectivity index (χ1v) is 6.75. The molecule has 2 fully saturated rings. The van der Waals surface area contributed by atoms with Crippen LogP contribution in [0.2, 0.25) is 5.02 Å². The molecule has 0 radical (unpaired) electrons. The van der Waals surface area contributed by atoms with Crippen LogP contribution in [0.15, 0.2) is 18.2 Å². The second-order valence-corrected chi connectivity index (χ2v) is 5.33. The summed E-state index contributed by atoms with van der Waals surface area (Å²) < 4.78 is 0. The van der Waals surface area contributed by atoms with E-state index in [0.717, 1.165) is 24.3 Å². The average Bonchev–Trinajstić information content (AvgIpc) is 2.79. The van der Waals surface area contributed by atoms with Crippen LogP contribution in [0.1, 0.15) is 5.56 Å². The number of anilines is 1. The van der Waals surface area contributed by atoms with Gasteiger partial charge in [-0.3, -0.25) is 0 Å². The van der Waals surface area contributed by atoms with Gasteiger partial charge in [0.15, 0.2) is 0 Å². The van der Waals surface area contributed by atoms with E-state index >= 15 is 0 Å². The normalized spacial score (nSPS) is 22.4. The van der Waals surface area contributed by atoms with Crippen molar-refractivity contribution < 1.29 is 9.90 Å². The first kappa shape index (κ1) is 12.6. The van der Waals surface area contributed by atoms with Gasteiger partial charge in [-0.05, 0) is 17.7 Å². The van der Waals surface area contributed by atoms with Gasteiger partial charge in [-0.2, -0.15) is 0 Å². The van der Waals surface area contributed by atoms with E-state index in [-0.39, 0.29) is 18.7 Å². The molecule has 2 saturated heterocycles. The van der Waals surface area contributed by atoms with Gasteiger partial charge in [0.05, 0.1) is 23.4 Å². The number of carbonyl (C=O) groups is 1. The first-order valence-electron chi connectivity index (χ1n) is 6.38. The van der Waals surface area contributed by atoms with E-state index in [1.54, 1.807) is 6.07 Å². The van der Waals surface area contributed by atoms with Gasteiger partial charge in [0.1, 0.15) is 0 Å². The standard InChI is InChI=1S/C13H16ClN3O2/c14-11-5-9(8-18)1-2-12(11)16-3-4-17-10(7-16)6-15-13(17)19/h1-2,5,10,18H,3-4,6-8H2,(H,15,19). The van der Waals surface area contributed by atoms with Crippen molar-refractivity contribution in [1.82, 2.24) is 10.2 Å². The van der Waals surface area contributed by atoms with Gasteiger partial charge < -0.3 is 20.2 Å². The number of piperazine rings is 1. The van der Waals surface area contributed by atoms with Crippen LogP contribution in [-0.4, -0.2) is 48.3 Å². The van der Waals surface area contributed by atoms with E-state index in [0.29, 0.717) is 18.1 Å². The van der Waals surface area contributed by atoms with Crippen molar-refractivity contribution in [3.8, 4) is 0 Å². The van der Waals surface area contributed by atoms with Crippen LogP contribution in [-0.2, 0) is 6.61 Å². The predicted octanol–water partition coefficient (Wildman–Crippen LogP) is 1.05. The lowest BCUT2D eigenvalue weighted by Gasteiger charge is -2.38. The largest absolute Gasteiger partial charge is 0.392 e. The smallest absolute Gasteiger partial charge is 0.317 e. The molecule has 1 aromatic carbocycles. The Morgan fingerprint density at radius 2 is 2.26 bits per heavy atom. The number of nitrogens with one attached hydrogen (secondary N) is 1. The summed E-state index contributed by atoms with van der Waals surface area (Å²) in [5.74, 6) is 0. The number of aliphatic hydroxyl groups excluding tert-OH is 1. The van der Waals surface area contributed by atoms with Crippen LogP contribution in [0.4, 0.5) is 10.5 Å². The molecule has 0 saturated carbocycles. The third-order valence-corrected chi connectivity index (χ3v) is 4.07. The van der Waals surface area contributed by atoms with Crippen molar-refractivity contribution in [2.45, 2.75) is 12.6 Å². The minimum Gasteiger partial charge on any atom is -0.392 e. The first-order chi connectivity index (χ1) is 9.19. The van der Waals surface area contributed by atoms with E-state index < -0.39 is 0 Å². The molecular formula is C13H16ClN3O2. The van der Waals surface area contributed by atoms with Crippen LogP contribution < -0.4 is 10.2 Å². The Balaban J connectivity index is 1.79. The van der Waals surface area contributed by atoms with Crippen molar-refractivity contribution in [2.75, 3.05) is 31.1 Å². The second kappa shape index (κ2) is 4.90. The van der Waals surface area contributed by atoms with E-state index in [1.807, 2.05) is 17.0 Å². The summed E-state index contributed by atoms with van der Waals surface area (Å²) in [6, 6.07) is 5.86. The summed E-state index contributed by atoms with van der Waals surface area (Å²) in [4.78, 5) is 15.6. The fraction of sp³-hybridized carbons (Fsp3) is 0.462. The maximum Gasteiger partial charge on any atom is 0.317 e. The van der Waals surface area contributed by atoms with Crippen LogP contribution in [0.5, 0.6) is 0 Å². The number of carbonyl (C=O) groups excluding carboxylic acids is 1. The number of aliphatic hydroxyl groups is 1. The number of fused-ring (bicyclic) bond motifs is 1. The number of benzene rings is 1. The summed E-state index contributed by atoms with van der Waals surface area (Å²) in [6.07, 6.45) is 0. The number of rotatable bonds is 2. The molecule has 19 heavy (non-hydrogen) atoms. The highest BCUT2D eigenvalue weighted by Gasteiger charge is 2.35. The Bertz CT molecular complexity index is 509. The zero-order valence-electron chi connectivity index (χ0n) is 10.5. The molecule has 2 aliphatic heterocycles. The molecule has 1 atom stereocenters. The number of halogens is 1. The monoisotopic (exact) mass is 281 g/mol. The summed E-state index contributed by atoms with van der Waals surface area (Å²) >= 11 is 6.26. The van der Waals surface area contributed by atoms with Crippen LogP contribution >= 0.6 is 11.6 Å². The van der Waals surface area contributed by atoms with Crippen molar-refractivity contribution in [3.63, 3.8) is 0 Å². The van der Waals surface area contributed by atoms with Gasteiger partial charge in [0.25, 0.3) is 0 Å².